The summed E-state index contributed by atoms with van der Waals surface area (Å²) in [4.78, 5) is 16.6. The zero-order chi connectivity index (χ0) is 15.0. The van der Waals surface area contributed by atoms with Gasteiger partial charge in [-0.1, -0.05) is 18.7 Å². The summed E-state index contributed by atoms with van der Waals surface area (Å²) in [5.74, 6) is 1.06. The average Bonchev–Trinajstić information content (AvgIpc) is 2.46. The van der Waals surface area contributed by atoms with E-state index in [0.29, 0.717) is 16.5 Å². The van der Waals surface area contributed by atoms with Crippen LogP contribution in [0.4, 0.5) is 16.2 Å². The van der Waals surface area contributed by atoms with Gasteiger partial charge in [0.15, 0.2) is 5.17 Å². The van der Waals surface area contributed by atoms with Crippen LogP contribution in [0, 0.1) is 0 Å². The van der Waals surface area contributed by atoms with Gasteiger partial charge >= 0.3 is 6.09 Å². The lowest BCUT2D eigenvalue weighted by molar-refractivity contribution is 0.177. The number of hydrogen-bond donors (Lipinski definition) is 2. The number of thioether (sulfide) groups is 2. The van der Waals surface area contributed by atoms with Gasteiger partial charge in [-0.05, 0) is 36.6 Å². The summed E-state index contributed by atoms with van der Waals surface area (Å²) in [6.07, 6.45) is 2.38. The molecular formula is C13H19N3O2S2. The van der Waals surface area contributed by atoms with Crippen molar-refractivity contribution >= 4 is 46.2 Å². The Hall–Kier alpha value is -1.34. The van der Waals surface area contributed by atoms with E-state index in [2.05, 4.69) is 22.0 Å². The first kappa shape index (κ1) is 16.7. The fourth-order valence-electron chi connectivity index (χ4n) is 1.32. The number of amides is 1. The number of hydrogen-bond acceptors (Lipinski definition) is 6. The van der Waals surface area contributed by atoms with E-state index in [1.807, 2.05) is 24.5 Å². The van der Waals surface area contributed by atoms with E-state index in [0.717, 1.165) is 17.1 Å². The Morgan fingerprint density at radius 2 is 2.25 bits per heavy atom. The summed E-state index contributed by atoms with van der Waals surface area (Å²) in [5.41, 5.74) is 7.20. The minimum atomic E-state index is -0.549. The topological polar surface area (TPSA) is 76.7 Å². The number of alkyl carbamates (subject to hydrolysis) is 1. The van der Waals surface area contributed by atoms with Crippen molar-refractivity contribution in [2.45, 2.75) is 18.2 Å². The van der Waals surface area contributed by atoms with Gasteiger partial charge in [0.2, 0.25) is 0 Å². The number of benzene rings is 1. The molecule has 0 aliphatic rings. The van der Waals surface area contributed by atoms with Crippen molar-refractivity contribution in [2.24, 2.45) is 4.99 Å². The number of rotatable bonds is 4. The molecule has 7 heteroatoms. The highest BCUT2D eigenvalue weighted by molar-refractivity contribution is 8.13. The Bertz CT molecular complexity index is 493. The molecule has 0 bridgehead atoms. The van der Waals surface area contributed by atoms with Gasteiger partial charge < -0.3 is 10.5 Å². The molecule has 1 aromatic rings. The van der Waals surface area contributed by atoms with Gasteiger partial charge in [-0.3, -0.25) is 5.32 Å². The van der Waals surface area contributed by atoms with Crippen molar-refractivity contribution in [2.75, 3.05) is 24.9 Å². The van der Waals surface area contributed by atoms with Crippen molar-refractivity contribution in [1.82, 2.24) is 5.32 Å². The fraction of sp³-hybridized carbons (Fsp3) is 0.385. The lowest BCUT2D eigenvalue weighted by Crippen LogP contribution is -2.27. The second kappa shape index (κ2) is 8.76. The molecule has 0 aliphatic carbocycles. The molecule has 0 unspecified atom stereocenters. The Balaban J connectivity index is 2.87. The molecule has 0 saturated heterocycles. The summed E-state index contributed by atoms with van der Waals surface area (Å²) in [6.45, 7) is 2.14. The number of nitrogens with two attached hydrogens (primary N) is 1. The summed E-state index contributed by atoms with van der Waals surface area (Å²) >= 11 is 3.07. The first-order chi connectivity index (χ1) is 9.60. The van der Waals surface area contributed by atoms with Gasteiger partial charge in [0.05, 0.1) is 18.5 Å². The number of nitrogens with zero attached hydrogens (tertiary/aromatic N) is 1. The van der Waals surface area contributed by atoms with Gasteiger partial charge in [-0.15, -0.1) is 11.8 Å². The van der Waals surface area contributed by atoms with Gasteiger partial charge in [-0.25, -0.2) is 9.79 Å². The Morgan fingerprint density at radius 1 is 1.50 bits per heavy atom. The number of nitrogen functional groups attached to an aromatic ring is 1. The number of carbonyl (C=O) groups is 1. The molecule has 0 aromatic heterocycles. The minimum absolute atomic E-state index is 0.442. The largest absolute Gasteiger partial charge is 0.453 e. The van der Waals surface area contributed by atoms with Crippen molar-refractivity contribution in [1.29, 1.82) is 0 Å². The third-order valence-corrected chi connectivity index (χ3v) is 4.06. The first-order valence-corrected chi connectivity index (χ1v) is 8.31. The van der Waals surface area contributed by atoms with Crippen LogP contribution in [0.5, 0.6) is 0 Å². The van der Waals surface area contributed by atoms with Crippen LogP contribution in [0.2, 0.25) is 0 Å². The maximum atomic E-state index is 11.2. The monoisotopic (exact) mass is 313 g/mol. The van der Waals surface area contributed by atoms with Gasteiger partial charge in [0, 0.05) is 4.90 Å². The predicted octanol–water partition coefficient (Wildman–Crippen LogP) is 3.48. The predicted molar refractivity (Wildman–Crippen MR) is 88.0 cm³/mol. The maximum absolute atomic E-state index is 11.2. The van der Waals surface area contributed by atoms with Crippen molar-refractivity contribution < 1.29 is 9.53 Å². The van der Waals surface area contributed by atoms with E-state index in [-0.39, 0.29) is 0 Å². The van der Waals surface area contributed by atoms with Crippen LogP contribution in [0.3, 0.4) is 0 Å². The van der Waals surface area contributed by atoms with Crippen LogP contribution < -0.4 is 11.1 Å². The van der Waals surface area contributed by atoms with Crippen molar-refractivity contribution in [3.8, 4) is 0 Å². The smallest absolute Gasteiger partial charge is 0.412 e. The molecule has 110 valence electrons. The van der Waals surface area contributed by atoms with E-state index in [9.17, 15) is 4.79 Å². The number of ether oxygens (including phenoxy) is 1. The number of aliphatic imine (C=N–C) groups is 1. The van der Waals surface area contributed by atoms with E-state index in [1.165, 1.54) is 18.9 Å². The average molecular weight is 313 g/mol. The van der Waals surface area contributed by atoms with Crippen LogP contribution in [-0.4, -0.2) is 30.4 Å². The molecule has 0 aliphatic heterocycles. The highest BCUT2D eigenvalue weighted by atomic mass is 32.2. The first-order valence-electron chi connectivity index (χ1n) is 6.10. The zero-order valence-electron chi connectivity index (χ0n) is 11.8. The molecule has 0 radical (unpaired) electrons. The lowest BCUT2D eigenvalue weighted by Gasteiger charge is -2.07. The number of nitrogens with one attached hydrogen (secondary N) is 1. The molecule has 20 heavy (non-hydrogen) atoms. The van der Waals surface area contributed by atoms with Crippen LogP contribution >= 0.6 is 23.5 Å². The number of amidine groups is 1. The molecule has 0 fully saturated rings. The lowest BCUT2D eigenvalue weighted by atomic mass is 10.3. The molecule has 1 amide bonds. The van der Waals surface area contributed by atoms with Gasteiger partial charge in [0.25, 0.3) is 0 Å². The molecule has 0 spiro atoms. The molecule has 3 N–H and O–H groups in total. The van der Waals surface area contributed by atoms with E-state index < -0.39 is 6.09 Å². The van der Waals surface area contributed by atoms with Gasteiger partial charge in [-0.2, -0.15) is 0 Å². The summed E-state index contributed by atoms with van der Waals surface area (Å²) in [6, 6.07) is 5.73. The molecule has 1 rings (SSSR count). The van der Waals surface area contributed by atoms with E-state index in [1.54, 1.807) is 11.8 Å². The Morgan fingerprint density at radius 3 is 2.80 bits per heavy atom. The van der Waals surface area contributed by atoms with Crippen LogP contribution in [0.1, 0.15) is 13.3 Å². The maximum Gasteiger partial charge on any atom is 0.412 e. The van der Waals surface area contributed by atoms with Crippen LogP contribution in [0.15, 0.2) is 28.1 Å². The van der Waals surface area contributed by atoms with E-state index in [4.69, 9.17) is 5.73 Å². The SMILES string of the molecule is CCCSc1ccc(N=C(NC(=O)OC)SC)c(N)c1. The second-order valence-corrected chi connectivity index (χ2v) is 5.77. The Labute approximate surface area is 127 Å². The van der Waals surface area contributed by atoms with Crippen LogP contribution in [0.25, 0.3) is 0 Å². The van der Waals surface area contributed by atoms with Crippen LogP contribution in [-0.2, 0) is 4.74 Å². The van der Waals surface area contributed by atoms with Gasteiger partial charge in [0.1, 0.15) is 0 Å². The fourth-order valence-corrected chi connectivity index (χ4v) is 2.51. The zero-order valence-corrected chi connectivity index (χ0v) is 13.4. The normalized spacial score (nSPS) is 11.2. The van der Waals surface area contributed by atoms with Crippen molar-refractivity contribution in [3.63, 3.8) is 0 Å². The quantitative estimate of drug-likeness (QED) is 0.385. The molecule has 5 nitrogen and oxygen atoms in total. The highest BCUT2D eigenvalue weighted by Crippen LogP contribution is 2.29. The summed E-state index contributed by atoms with van der Waals surface area (Å²) < 4.78 is 4.54. The second-order valence-electron chi connectivity index (χ2n) is 3.81. The minimum Gasteiger partial charge on any atom is -0.453 e. The summed E-state index contributed by atoms with van der Waals surface area (Å²) in [7, 11) is 1.31. The molecular weight excluding hydrogens is 294 g/mol. The molecule has 0 heterocycles. The third-order valence-electron chi connectivity index (χ3n) is 2.28. The summed E-state index contributed by atoms with van der Waals surface area (Å²) in [5, 5.41) is 2.97. The molecule has 0 atom stereocenters. The number of anilines is 1. The van der Waals surface area contributed by atoms with E-state index >= 15 is 0 Å². The number of carbonyl (C=O) groups excluding carboxylic acids is 1. The van der Waals surface area contributed by atoms with Crippen molar-refractivity contribution in [3.05, 3.63) is 18.2 Å². The standard InChI is InChI=1S/C13H19N3O2S2/c1-4-7-20-9-5-6-11(10(14)8-9)15-12(19-3)16-13(17)18-2/h5-6,8H,4,7,14H2,1-3H3,(H,15,16,17). The Kier molecular flexibility index (Phi) is 7.32. The molecule has 0 saturated carbocycles. The third kappa shape index (κ3) is 5.34. The number of methoxy groups -OCH3 is 1. The highest BCUT2D eigenvalue weighted by Gasteiger charge is 2.06. The molecule has 1 aromatic carbocycles.